The van der Waals surface area contributed by atoms with Gasteiger partial charge in [-0.1, -0.05) is 6.92 Å². The minimum atomic E-state index is 0.385. The van der Waals surface area contributed by atoms with E-state index in [2.05, 4.69) is 18.7 Å². The molecule has 0 spiro atoms. The van der Waals surface area contributed by atoms with Crippen molar-refractivity contribution in [2.75, 3.05) is 13.1 Å². The molecule has 1 rings (SSSR count). The highest BCUT2D eigenvalue weighted by Crippen LogP contribution is 2.16. The molecular weight excluding hydrogens is 136 g/mol. The van der Waals surface area contributed by atoms with E-state index in [0.717, 1.165) is 19.0 Å². The molecule has 0 saturated carbocycles. The Labute approximate surface area is 69.8 Å². The lowest BCUT2D eigenvalue weighted by Crippen LogP contribution is -2.38. The van der Waals surface area contributed by atoms with Gasteiger partial charge in [-0.25, -0.2) is 0 Å². The zero-order chi connectivity index (χ0) is 8.27. The lowest BCUT2D eigenvalue weighted by molar-refractivity contribution is 0.249. The van der Waals surface area contributed by atoms with Crippen molar-refractivity contribution in [2.24, 2.45) is 5.73 Å². The second-order valence-electron chi connectivity index (χ2n) is 3.65. The fourth-order valence-electron chi connectivity index (χ4n) is 1.69. The molecule has 0 aromatic carbocycles. The predicted molar refractivity (Wildman–Crippen MR) is 48.5 cm³/mol. The molecule has 1 heterocycles. The molecule has 0 bridgehead atoms. The molecule has 2 N–H and O–H groups in total. The van der Waals surface area contributed by atoms with Gasteiger partial charge >= 0.3 is 0 Å². The molecular formula is C9H20N2. The molecule has 2 heteroatoms. The van der Waals surface area contributed by atoms with Crippen LogP contribution in [0.25, 0.3) is 0 Å². The molecule has 66 valence electrons. The molecule has 2 nitrogen and oxygen atoms in total. The first kappa shape index (κ1) is 9.01. The minimum Gasteiger partial charge on any atom is -0.327 e. The van der Waals surface area contributed by atoms with Gasteiger partial charge in [0.2, 0.25) is 0 Å². The molecule has 0 amide bonds. The first-order chi connectivity index (χ1) is 5.24. The van der Waals surface area contributed by atoms with Crippen molar-refractivity contribution in [3.8, 4) is 0 Å². The third-order valence-corrected chi connectivity index (χ3v) is 2.68. The van der Waals surface area contributed by atoms with Gasteiger partial charge in [0.05, 0.1) is 0 Å². The fraction of sp³-hybridized carbons (Fsp3) is 1.00. The molecule has 0 aromatic heterocycles. The number of rotatable bonds is 3. The number of nitrogens with two attached hydrogens (primary N) is 1. The lowest BCUT2D eigenvalue weighted by atomic mass is 10.2. The molecule has 2 unspecified atom stereocenters. The van der Waals surface area contributed by atoms with Gasteiger partial charge in [-0.05, 0) is 32.7 Å². The Balaban J connectivity index is 2.24. The first-order valence-corrected chi connectivity index (χ1v) is 4.73. The fourth-order valence-corrected chi connectivity index (χ4v) is 1.69. The maximum absolute atomic E-state index is 5.87. The van der Waals surface area contributed by atoms with Gasteiger partial charge in [0, 0.05) is 18.6 Å². The quantitative estimate of drug-likeness (QED) is 0.665. The van der Waals surface area contributed by atoms with Crippen LogP contribution in [0.1, 0.15) is 33.1 Å². The zero-order valence-corrected chi connectivity index (χ0v) is 7.71. The average Bonchev–Trinajstić information content (AvgIpc) is 2.37. The summed E-state index contributed by atoms with van der Waals surface area (Å²) in [7, 11) is 0. The predicted octanol–water partition coefficient (Wildman–Crippen LogP) is 1.21. The van der Waals surface area contributed by atoms with E-state index in [-0.39, 0.29) is 0 Å². The largest absolute Gasteiger partial charge is 0.327 e. The summed E-state index contributed by atoms with van der Waals surface area (Å²) in [6, 6.07) is 1.16. The molecule has 0 radical (unpaired) electrons. The van der Waals surface area contributed by atoms with Crippen LogP contribution >= 0.6 is 0 Å². The van der Waals surface area contributed by atoms with Crippen LogP contribution in [0.15, 0.2) is 0 Å². The Bertz CT molecular complexity index is 114. The highest BCUT2D eigenvalue weighted by atomic mass is 15.2. The number of hydrogen-bond donors (Lipinski definition) is 1. The molecule has 1 fully saturated rings. The van der Waals surface area contributed by atoms with Gasteiger partial charge in [-0.2, -0.15) is 0 Å². The van der Waals surface area contributed by atoms with Crippen molar-refractivity contribution in [3.63, 3.8) is 0 Å². The SMILES string of the molecule is CCC(N)CN1CCCC1C. The van der Waals surface area contributed by atoms with E-state index in [4.69, 9.17) is 5.73 Å². The highest BCUT2D eigenvalue weighted by Gasteiger charge is 2.20. The summed E-state index contributed by atoms with van der Waals surface area (Å²) in [4.78, 5) is 2.51. The van der Waals surface area contributed by atoms with Crippen molar-refractivity contribution < 1.29 is 0 Å². The van der Waals surface area contributed by atoms with Gasteiger partial charge in [0.25, 0.3) is 0 Å². The first-order valence-electron chi connectivity index (χ1n) is 4.73. The van der Waals surface area contributed by atoms with Gasteiger partial charge in [0.15, 0.2) is 0 Å². The summed E-state index contributed by atoms with van der Waals surface area (Å²) in [5.41, 5.74) is 5.87. The maximum atomic E-state index is 5.87. The van der Waals surface area contributed by atoms with Crippen molar-refractivity contribution in [3.05, 3.63) is 0 Å². The third kappa shape index (κ3) is 2.46. The smallest absolute Gasteiger partial charge is 0.0165 e. The third-order valence-electron chi connectivity index (χ3n) is 2.68. The van der Waals surface area contributed by atoms with Gasteiger partial charge in [0.1, 0.15) is 0 Å². The van der Waals surface area contributed by atoms with Crippen LogP contribution in [-0.2, 0) is 0 Å². The number of hydrogen-bond acceptors (Lipinski definition) is 2. The maximum Gasteiger partial charge on any atom is 0.0165 e. The van der Waals surface area contributed by atoms with Crippen LogP contribution in [0.4, 0.5) is 0 Å². The topological polar surface area (TPSA) is 29.3 Å². The van der Waals surface area contributed by atoms with E-state index in [9.17, 15) is 0 Å². The summed E-state index contributed by atoms with van der Waals surface area (Å²) in [6.07, 6.45) is 3.82. The minimum absolute atomic E-state index is 0.385. The standard InChI is InChI=1S/C9H20N2/c1-3-9(10)7-11-6-4-5-8(11)2/h8-9H,3-7,10H2,1-2H3. The summed E-state index contributed by atoms with van der Waals surface area (Å²) in [5.74, 6) is 0. The Kier molecular flexibility index (Phi) is 3.34. The van der Waals surface area contributed by atoms with Crippen LogP contribution in [0.3, 0.4) is 0 Å². The van der Waals surface area contributed by atoms with Gasteiger partial charge < -0.3 is 5.73 Å². The lowest BCUT2D eigenvalue weighted by Gasteiger charge is -2.23. The molecule has 0 aromatic rings. The van der Waals surface area contributed by atoms with Crippen LogP contribution in [0.2, 0.25) is 0 Å². The molecule has 11 heavy (non-hydrogen) atoms. The van der Waals surface area contributed by atoms with Gasteiger partial charge in [-0.15, -0.1) is 0 Å². The number of likely N-dealkylation sites (tertiary alicyclic amines) is 1. The van der Waals surface area contributed by atoms with Crippen molar-refractivity contribution in [1.29, 1.82) is 0 Å². The van der Waals surface area contributed by atoms with Crippen molar-refractivity contribution in [1.82, 2.24) is 4.90 Å². The average molecular weight is 156 g/mol. The second-order valence-corrected chi connectivity index (χ2v) is 3.65. The molecule has 0 aliphatic carbocycles. The molecule has 1 aliphatic rings. The van der Waals surface area contributed by atoms with Gasteiger partial charge in [-0.3, -0.25) is 4.90 Å². The van der Waals surface area contributed by atoms with E-state index in [1.54, 1.807) is 0 Å². The van der Waals surface area contributed by atoms with E-state index in [0.29, 0.717) is 6.04 Å². The Morgan fingerprint density at radius 1 is 1.64 bits per heavy atom. The summed E-state index contributed by atoms with van der Waals surface area (Å²) < 4.78 is 0. The van der Waals surface area contributed by atoms with Crippen LogP contribution in [0, 0.1) is 0 Å². The Morgan fingerprint density at radius 3 is 2.82 bits per heavy atom. The molecule has 2 atom stereocenters. The Morgan fingerprint density at radius 2 is 2.36 bits per heavy atom. The number of nitrogens with zero attached hydrogens (tertiary/aromatic N) is 1. The van der Waals surface area contributed by atoms with Crippen LogP contribution in [0.5, 0.6) is 0 Å². The monoisotopic (exact) mass is 156 g/mol. The molecule has 1 saturated heterocycles. The Hall–Kier alpha value is -0.0800. The van der Waals surface area contributed by atoms with Crippen LogP contribution in [-0.4, -0.2) is 30.1 Å². The highest BCUT2D eigenvalue weighted by molar-refractivity contribution is 4.78. The van der Waals surface area contributed by atoms with E-state index in [1.165, 1.54) is 19.4 Å². The molecule has 1 aliphatic heterocycles. The summed E-state index contributed by atoms with van der Waals surface area (Å²) in [6.45, 7) is 6.81. The summed E-state index contributed by atoms with van der Waals surface area (Å²) in [5, 5.41) is 0. The van der Waals surface area contributed by atoms with E-state index in [1.807, 2.05) is 0 Å². The zero-order valence-electron chi connectivity index (χ0n) is 7.71. The van der Waals surface area contributed by atoms with Crippen molar-refractivity contribution in [2.45, 2.75) is 45.2 Å². The second kappa shape index (κ2) is 4.07. The van der Waals surface area contributed by atoms with Crippen molar-refractivity contribution >= 4 is 0 Å². The van der Waals surface area contributed by atoms with E-state index >= 15 is 0 Å². The van der Waals surface area contributed by atoms with E-state index < -0.39 is 0 Å². The summed E-state index contributed by atoms with van der Waals surface area (Å²) >= 11 is 0. The normalized spacial score (nSPS) is 29.2. The van der Waals surface area contributed by atoms with Crippen LogP contribution < -0.4 is 5.73 Å².